The lowest BCUT2D eigenvalue weighted by Gasteiger charge is -2.07. The molecule has 0 unspecified atom stereocenters. The first kappa shape index (κ1) is 15.3. The minimum atomic E-state index is 0.567. The third-order valence-electron chi connectivity index (χ3n) is 5.10. The monoisotopic (exact) mass is 348 g/mol. The molecular formula is C19H20N6O. The van der Waals surface area contributed by atoms with Gasteiger partial charge in [-0.15, -0.1) is 0 Å². The lowest BCUT2D eigenvalue weighted by atomic mass is 10.2. The van der Waals surface area contributed by atoms with Gasteiger partial charge < -0.3 is 9.09 Å². The Bertz CT molecular complexity index is 1080. The molecule has 0 bridgehead atoms. The molecule has 5 rings (SSSR count). The number of hydrogen-bond acceptors (Lipinski definition) is 5. The number of rotatable bonds is 5. The summed E-state index contributed by atoms with van der Waals surface area (Å²) in [5.74, 6) is 4.00. The van der Waals surface area contributed by atoms with Crippen LogP contribution in [0.5, 0.6) is 0 Å². The van der Waals surface area contributed by atoms with E-state index in [4.69, 9.17) is 4.52 Å². The zero-order valence-electron chi connectivity index (χ0n) is 14.9. The van der Waals surface area contributed by atoms with Crippen LogP contribution >= 0.6 is 0 Å². The SMILES string of the molecule is Cc1nccn1CCc1noc(-c2ccc3cnc(C4CC4)n3c2C)n1. The van der Waals surface area contributed by atoms with Crippen molar-refractivity contribution in [3.8, 4) is 11.5 Å². The zero-order chi connectivity index (χ0) is 17.7. The van der Waals surface area contributed by atoms with Crippen molar-refractivity contribution >= 4 is 5.52 Å². The van der Waals surface area contributed by atoms with E-state index in [9.17, 15) is 0 Å². The Labute approximate surface area is 150 Å². The molecule has 4 heterocycles. The van der Waals surface area contributed by atoms with E-state index in [-0.39, 0.29) is 0 Å². The molecular weight excluding hydrogens is 328 g/mol. The van der Waals surface area contributed by atoms with Gasteiger partial charge in [-0.1, -0.05) is 5.16 Å². The van der Waals surface area contributed by atoms with Gasteiger partial charge in [0.2, 0.25) is 0 Å². The molecule has 7 heteroatoms. The Hall–Kier alpha value is -2.96. The van der Waals surface area contributed by atoms with Crippen molar-refractivity contribution in [2.45, 2.75) is 45.6 Å². The number of aromatic nitrogens is 6. The van der Waals surface area contributed by atoms with Gasteiger partial charge in [0.1, 0.15) is 11.6 Å². The summed E-state index contributed by atoms with van der Waals surface area (Å²) in [5.41, 5.74) is 3.18. The fourth-order valence-electron chi connectivity index (χ4n) is 3.45. The Morgan fingerprint density at radius 3 is 2.85 bits per heavy atom. The number of imidazole rings is 2. The van der Waals surface area contributed by atoms with E-state index in [2.05, 4.69) is 42.1 Å². The first-order valence-corrected chi connectivity index (χ1v) is 8.98. The maximum atomic E-state index is 5.55. The fourth-order valence-corrected chi connectivity index (χ4v) is 3.45. The molecule has 0 amide bonds. The fraction of sp³-hybridized carbons (Fsp3) is 0.368. The average Bonchev–Trinajstić information content (AvgIpc) is 3.05. The molecule has 0 spiro atoms. The normalized spacial score (nSPS) is 14.4. The van der Waals surface area contributed by atoms with Crippen molar-refractivity contribution in [1.82, 2.24) is 29.1 Å². The maximum Gasteiger partial charge on any atom is 0.259 e. The highest BCUT2D eigenvalue weighted by molar-refractivity contribution is 5.62. The lowest BCUT2D eigenvalue weighted by Crippen LogP contribution is -2.03. The molecule has 1 aliphatic carbocycles. The summed E-state index contributed by atoms with van der Waals surface area (Å²) in [7, 11) is 0. The first-order valence-electron chi connectivity index (χ1n) is 8.98. The van der Waals surface area contributed by atoms with Crippen LogP contribution in [0.25, 0.3) is 17.0 Å². The molecule has 0 radical (unpaired) electrons. The highest BCUT2D eigenvalue weighted by Gasteiger charge is 2.29. The van der Waals surface area contributed by atoms with Crippen LogP contribution in [-0.2, 0) is 13.0 Å². The van der Waals surface area contributed by atoms with Gasteiger partial charge in [-0.2, -0.15) is 4.98 Å². The van der Waals surface area contributed by atoms with Crippen molar-refractivity contribution in [2.75, 3.05) is 0 Å². The van der Waals surface area contributed by atoms with Gasteiger partial charge in [-0.3, -0.25) is 4.40 Å². The van der Waals surface area contributed by atoms with E-state index >= 15 is 0 Å². The molecule has 26 heavy (non-hydrogen) atoms. The van der Waals surface area contributed by atoms with E-state index in [1.807, 2.05) is 25.4 Å². The summed E-state index contributed by atoms with van der Waals surface area (Å²) in [6.45, 7) is 4.87. The minimum absolute atomic E-state index is 0.567. The average molecular weight is 348 g/mol. The second-order valence-electron chi connectivity index (χ2n) is 6.92. The van der Waals surface area contributed by atoms with Crippen LogP contribution in [0, 0.1) is 13.8 Å². The summed E-state index contributed by atoms with van der Waals surface area (Å²) in [6.07, 6.45) is 8.87. The number of nitrogens with zero attached hydrogens (tertiary/aromatic N) is 6. The van der Waals surface area contributed by atoms with Crippen LogP contribution < -0.4 is 0 Å². The molecule has 0 aromatic carbocycles. The maximum absolute atomic E-state index is 5.55. The summed E-state index contributed by atoms with van der Waals surface area (Å²) < 4.78 is 9.87. The van der Waals surface area contributed by atoms with Gasteiger partial charge in [0.25, 0.3) is 5.89 Å². The molecule has 0 aliphatic heterocycles. The highest BCUT2D eigenvalue weighted by Crippen LogP contribution is 2.40. The predicted molar refractivity (Wildman–Crippen MR) is 95.9 cm³/mol. The predicted octanol–water partition coefficient (Wildman–Crippen LogP) is 3.32. The molecule has 4 aromatic heterocycles. The van der Waals surface area contributed by atoms with Gasteiger partial charge in [0, 0.05) is 37.0 Å². The molecule has 1 saturated carbocycles. The summed E-state index contributed by atoms with van der Waals surface area (Å²) >= 11 is 0. The topological polar surface area (TPSA) is 74.0 Å². The molecule has 1 fully saturated rings. The van der Waals surface area contributed by atoms with Crippen LogP contribution in [0.4, 0.5) is 0 Å². The number of aryl methyl sites for hydroxylation is 4. The van der Waals surface area contributed by atoms with E-state index in [1.54, 1.807) is 6.20 Å². The Morgan fingerprint density at radius 2 is 2.08 bits per heavy atom. The molecule has 7 nitrogen and oxygen atoms in total. The quantitative estimate of drug-likeness (QED) is 0.553. The van der Waals surface area contributed by atoms with E-state index in [1.165, 1.54) is 12.8 Å². The van der Waals surface area contributed by atoms with E-state index in [0.29, 0.717) is 24.1 Å². The second kappa shape index (κ2) is 5.79. The van der Waals surface area contributed by atoms with Crippen LogP contribution in [0.3, 0.4) is 0 Å². The number of hydrogen-bond donors (Lipinski definition) is 0. The van der Waals surface area contributed by atoms with Crippen LogP contribution in [0.1, 0.15) is 41.9 Å². The molecule has 0 atom stereocenters. The van der Waals surface area contributed by atoms with Crippen molar-refractivity contribution < 1.29 is 4.52 Å². The lowest BCUT2D eigenvalue weighted by molar-refractivity contribution is 0.420. The second-order valence-corrected chi connectivity index (χ2v) is 6.92. The Kier molecular flexibility index (Phi) is 3.41. The van der Waals surface area contributed by atoms with Crippen LogP contribution in [-0.4, -0.2) is 29.1 Å². The molecule has 1 aliphatic rings. The summed E-state index contributed by atoms with van der Waals surface area (Å²) in [6, 6.07) is 4.11. The Morgan fingerprint density at radius 1 is 1.19 bits per heavy atom. The highest BCUT2D eigenvalue weighted by atomic mass is 16.5. The van der Waals surface area contributed by atoms with Crippen molar-refractivity contribution in [3.63, 3.8) is 0 Å². The third-order valence-corrected chi connectivity index (χ3v) is 5.10. The number of pyridine rings is 1. The largest absolute Gasteiger partial charge is 0.335 e. The van der Waals surface area contributed by atoms with E-state index in [0.717, 1.165) is 35.0 Å². The zero-order valence-corrected chi connectivity index (χ0v) is 14.9. The van der Waals surface area contributed by atoms with Gasteiger partial charge in [-0.25, -0.2) is 9.97 Å². The Balaban J connectivity index is 1.45. The van der Waals surface area contributed by atoms with Crippen molar-refractivity contribution in [2.24, 2.45) is 0 Å². The minimum Gasteiger partial charge on any atom is -0.335 e. The van der Waals surface area contributed by atoms with Gasteiger partial charge in [0.05, 0.1) is 17.3 Å². The van der Waals surface area contributed by atoms with Crippen LogP contribution in [0.15, 0.2) is 35.2 Å². The van der Waals surface area contributed by atoms with E-state index < -0.39 is 0 Å². The smallest absolute Gasteiger partial charge is 0.259 e. The molecule has 4 aromatic rings. The van der Waals surface area contributed by atoms with Crippen molar-refractivity contribution in [3.05, 3.63) is 53.9 Å². The first-order chi connectivity index (χ1) is 12.7. The molecule has 132 valence electrons. The van der Waals surface area contributed by atoms with Gasteiger partial charge in [0.15, 0.2) is 5.82 Å². The molecule has 0 N–H and O–H groups in total. The summed E-state index contributed by atoms with van der Waals surface area (Å²) in [4.78, 5) is 13.5. The standard InChI is InChI=1S/C19H20N6O/c1-12-16(6-5-15-11-21-18(25(12)15)14-3-4-14)19-22-17(23-26-19)7-9-24-10-8-20-13(24)2/h5-6,8,10-11,14H,3-4,7,9H2,1-2H3. The molecule has 0 saturated heterocycles. The van der Waals surface area contributed by atoms with Crippen LogP contribution in [0.2, 0.25) is 0 Å². The van der Waals surface area contributed by atoms with Crippen molar-refractivity contribution in [1.29, 1.82) is 0 Å². The summed E-state index contributed by atoms with van der Waals surface area (Å²) in [5, 5.41) is 4.16. The van der Waals surface area contributed by atoms with Gasteiger partial charge in [-0.05, 0) is 38.8 Å². The number of fused-ring (bicyclic) bond motifs is 1. The van der Waals surface area contributed by atoms with Gasteiger partial charge >= 0.3 is 0 Å². The third kappa shape index (κ3) is 2.51.